The second-order valence-electron chi connectivity index (χ2n) is 6.62. The maximum Gasteiger partial charge on any atom is 0.165 e. The molecule has 0 radical (unpaired) electrons. The molecule has 2 aliphatic carbocycles. The molecule has 4 atom stereocenters. The van der Waals surface area contributed by atoms with Gasteiger partial charge in [0.1, 0.15) is 17.9 Å². The molecule has 0 unspecified atom stereocenters. The molecule has 0 spiro atoms. The Hall–Kier alpha value is -1.77. The lowest BCUT2D eigenvalue weighted by Gasteiger charge is -2.18. The SMILES string of the molecule is N[C@H]1C[C@@H](n2cnc3c(NC4CCCC4)ncnc32)[C@H](O)[C@@H]1O. The molecule has 2 heterocycles. The van der Waals surface area contributed by atoms with Gasteiger partial charge in [0.15, 0.2) is 11.5 Å². The summed E-state index contributed by atoms with van der Waals surface area (Å²) in [4.78, 5) is 13.1. The normalized spacial score (nSPS) is 32.0. The lowest BCUT2D eigenvalue weighted by Crippen LogP contribution is -2.35. The standard InChI is InChI=1S/C15H22N6O2/c16-9-5-10(13(23)12(9)22)21-7-19-11-14(17-6-18-15(11)21)20-8-3-1-2-4-8/h6-10,12-13,22-23H,1-5,16H2,(H,17,18,20)/t9-,10+,12+,13-/m0/s1. The Balaban J connectivity index is 1.67. The van der Waals surface area contributed by atoms with Crippen LogP contribution in [-0.4, -0.2) is 54.0 Å². The topological polar surface area (TPSA) is 122 Å². The van der Waals surface area contributed by atoms with Gasteiger partial charge in [0.05, 0.1) is 18.5 Å². The number of nitrogens with one attached hydrogen (secondary N) is 1. The zero-order valence-electron chi connectivity index (χ0n) is 12.8. The van der Waals surface area contributed by atoms with Gasteiger partial charge in [0.2, 0.25) is 0 Å². The Morgan fingerprint density at radius 1 is 1.13 bits per heavy atom. The first kappa shape index (κ1) is 14.8. The number of aromatic nitrogens is 4. The number of anilines is 1. The molecule has 0 aromatic carbocycles. The van der Waals surface area contributed by atoms with Gasteiger partial charge in [-0.05, 0) is 19.3 Å². The summed E-state index contributed by atoms with van der Waals surface area (Å²) in [5, 5.41) is 23.6. The third kappa shape index (κ3) is 2.46. The fourth-order valence-corrected chi connectivity index (χ4v) is 3.78. The van der Waals surface area contributed by atoms with Crippen molar-refractivity contribution >= 4 is 17.0 Å². The Kier molecular flexibility index (Phi) is 3.67. The molecule has 4 rings (SSSR count). The highest BCUT2D eigenvalue weighted by atomic mass is 16.3. The van der Waals surface area contributed by atoms with Crippen molar-refractivity contribution < 1.29 is 10.2 Å². The molecule has 8 heteroatoms. The van der Waals surface area contributed by atoms with E-state index in [1.165, 1.54) is 19.2 Å². The molecule has 0 aliphatic heterocycles. The van der Waals surface area contributed by atoms with Crippen LogP contribution < -0.4 is 11.1 Å². The summed E-state index contributed by atoms with van der Waals surface area (Å²) in [5.41, 5.74) is 7.21. The minimum atomic E-state index is -0.921. The van der Waals surface area contributed by atoms with E-state index >= 15 is 0 Å². The van der Waals surface area contributed by atoms with Crippen molar-refractivity contribution in [2.45, 2.75) is 62.4 Å². The van der Waals surface area contributed by atoms with Crippen molar-refractivity contribution in [2.24, 2.45) is 5.73 Å². The summed E-state index contributed by atoms with van der Waals surface area (Å²) in [6.07, 6.45) is 6.59. The van der Waals surface area contributed by atoms with Crippen LogP contribution in [0.1, 0.15) is 38.1 Å². The van der Waals surface area contributed by atoms with Crippen LogP contribution in [0.4, 0.5) is 5.82 Å². The molecule has 124 valence electrons. The maximum absolute atomic E-state index is 10.2. The number of imidazole rings is 1. The van der Waals surface area contributed by atoms with Crippen LogP contribution in [0.15, 0.2) is 12.7 Å². The first-order valence-electron chi connectivity index (χ1n) is 8.21. The van der Waals surface area contributed by atoms with Crippen LogP contribution in [-0.2, 0) is 0 Å². The molecule has 2 saturated carbocycles. The van der Waals surface area contributed by atoms with Crippen LogP contribution in [0.2, 0.25) is 0 Å². The average Bonchev–Trinajstić information content (AvgIpc) is 3.25. The summed E-state index contributed by atoms with van der Waals surface area (Å²) in [6, 6.07) is -0.324. The zero-order chi connectivity index (χ0) is 16.0. The first-order chi connectivity index (χ1) is 11.1. The zero-order valence-corrected chi connectivity index (χ0v) is 12.8. The first-order valence-corrected chi connectivity index (χ1v) is 8.21. The fourth-order valence-electron chi connectivity index (χ4n) is 3.78. The van der Waals surface area contributed by atoms with Crippen LogP contribution >= 0.6 is 0 Å². The van der Waals surface area contributed by atoms with E-state index in [-0.39, 0.29) is 6.04 Å². The van der Waals surface area contributed by atoms with E-state index < -0.39 is 18.2 Å². The van der Waals surface area contributed by atoms with Gasteiger partial charge < -0.3 is 25.8 Å². The quantitative estimate of drug-likeness (QED) is 0.636. The van der Waals surface area contributed by atoms with E-state index in [1.54, 1.807) is 10.9 Å². The summed E-state index contributed by atoms with van der Waals surface area (Å²) in [7, 11) is 0. The van der Waals surface area contributed by atoms with Gasteiger partial charge in [0.25, 0.3) is 0 Å². The molecule has 8 nitrogen and oxygen atoms in total. The molecule has 2 fully saturated rings. The highest BCUT2D eigenvalue weighted by Gasteiger charge is 2.41. The molecule has 5 N–H and O–H groups in total. The predicted molar refractivity (Wildman–Crippen MR) is 84.8 cm³/mol. The highest BCUT2D eigenvalue weighted by Crippen LogP contribution is 2.33. The van der Waals surface area contributed by atoms with Gasteiger partial charge in [-0.3, -0.25) is 0 Å². The van der Waals surface area contributed by atoms with E-state index in [9.17, 15) is 10.2 Å². The molecule has 2 aliphatic rings. The van der Waals surface area contributed by atoms with Gasteiger partial charge in [-0.1, -0.05) is 12.8 Å². The molecule has 23 heavy (non-hydrogen) atoms. The number of nitrogens with two attached hydrogens (primary N) is 1. The van der Waals surface area contributed by atoms with E-state index in [4.69, 9.17) is 5.73 Å². The predicted octanol–water partition coefficient (Wildman–Crippen LogP) is 0.175. The summed E-state index contributed by atoms with van der Waals surface area (Å²) in [5.74, 6) is 0.734. The molecule has 2 aromatic heterocycles. The monoisotopic (exact) mass is 318 g/mol. The van der Waals surface area contributed by atoms with Crippen molar-refractivity contribution in [1.29, 1.82) is 0 Å². The number of rotatable bonds is 3. The number of hydrogen-bond donors (Lipinski definition) is 4. The van der Waals surface area contributed by atoms with Gasteiger partial charge >= 0.3 is 0 Å². The van der Waals surface area contributed by atoms with Crippen molar-refractivity contribution in [2.75, 3.05) is 5.32 Å². The van der Waals surface area contributed by atoms with Crippen LogP contribution in [0.25, 0.3) is 11.2 Å². The second-order valence-corrected chi connectivity index (χ2v) is 6.62. The van der Waals surface area contributed by atoms with Gasteiger partial charge in [-0.15, -0.1) is 0 Å². The smallest absolute Gasteiger partial charge is 0.165 e. The Morgan fingerprint density at radius 3 is 2.61 bits per heavy atom. The van der Waals surface area contributed by atoms with Crippen molar-refractivity contribution in [1.82, 2.24) is 19.5 Å². The summed E-state index contributed by atoms with van der Waals surface area (Å²) < 4.78 is 1.80. The van der Waals surface area contributed by atoms with Crippen molar-refractivity contribution in [3.05, 3.63) is 12.7 Å². The van der Waals surface area contributed by atoms with Crippen molar-refractivity contribution in [3.63, 3.8) is 0 Å². The second kappa shape index (κ2) is 5.70. The maximum atomic E-state index is 10.2. The number of aliphatic hydroxyl groups is 2. The lowest BCUT2D eigenvalue weighted by atomic mass is 10.2. The number of hydrogen-bond acceptors (Lipinski definition) is 7. The molecule has 0 amide bonds. The van der Waals surface area contributed by atoms with E-state index in [1.807, 2.05) is 0 Å². The van der Waals surface area contributed by atoms with Gasteiger partial charge in [0, 0.05) is 12.1 Å². The summed E-state index contributed by atoms with van der Waals surface area (Å²) in [6.45, 7) is 0. The Morgan fingerprint density at radius 2 is 1.91 bits per heavy atom. The third-order valence-corrected chi connectivity index (χ3v) is 5.11. The van der Waals surface area contributed by atoms with E-state index in [0.29, 0.717) is 23.6 Å². The number of nitrogens with zero attached hydrogens (tertiary/aromatic N) is 4. The number of aliphatic hydroxyl groups excluding tert-OH is 2. The summed E-state index contributed by atoms with van der Waals surface area (Å²) >= 11 is 0. The minimum absolute atomic E-state index is 0.320. The number of fused-ring (bicyclic) bond motifs is 1. The van der Waals surface area contributed by atoms with Crippen LogP contribution in [0.5, 0.6) is 0 Å². The third-order valence-electron chi connectivity index (χ3n) is 5.11. The van der Waals surface area contributed by atoms with Gasteiger partial charge in [-0.25, -0.2) is 15.0 Å². The lowest BCUT2D eigenvalue weighted by molar-refractivity contribution is 0.0187. The largest absolute Gasteiger partial charge is 0.389 e. The molecular formula is C15H22N6O2. The average molecular weight is 318 g/mol. The van der Waals surface area contributed by atoms with E-state index in [2.05, 4.69) is 20.3 Å². The molecular weight excluding hydrogens is 296 g/mol. The molecule has 2 aromatic rings. The van der Waals surface area contributed by atoms with Crippen LogP contribution in [0.3, 0.4) is 0 Å². The highest BCUT2D eigenvalue weighted by molar-refractivity contribution is 5.82. The molecule has 0 bridgehead atoms. The van der Waals surface area contributed by atoms with E-state index in [0.717, 1.165) is 18.7 Å². The van der Waals surface area contributed by atoms with Gasteiger partial charge in [-0.2, -0.15) is 0 Å². The van der Waals surface area contributed by atoms with Crippen LogP contribution in [0, 0.1) is 0 Å². The Labute approximate surface area is 133 Å². The van der Waals surface area contributed by atoms with Crippen molar-refractivity contribution in [3.8, 4) is 0 Å². The minimum Gasteiger partial charge on any atom is -0.389 e. The Bertz CT molecular complexity index is 698. The molecule has 0 saturated heterocycles. The fraction of sp³-hybridized carbons (Fsp3) is 0.667.